The van der Waals surface area contributed by atoms with Gasteiger partial charge in [0.05, 0.1) is 29.3 Å². The molecule has 0 radical (unpaired) electrons. The average molecular weight is 470 g/mol. The van der Waals surface area contributed by atoms with Crippen LogP contribution in [-0.4, -0.2) is 44.0 Å². The summed E-state index contributed by atoms with van der Waals surface area (Å²) in [7, 11) is -3.50. The number of pyridine rings is 1. The quantitative estimate of drug-likeness (QED) is 0.489. The SMILES string of the molecule is CCOc1ccc(OCC)c(Nc2ccc3cc(S(=O)(=O)N4CCC(C)CC4)ccc3n2)c1. The standard InChI is InChI=1S/C25H31N3O4S/c1-4-31-20-7-10-24(32-5-2)23(17-20)27-25-11-6-19-16-21(8-9-22(19)26-25)33(29,30)28-14-12-18(3)13-15-28/h6-11,16-18H,4-5,12-15H2,1-3H3,(H,26,27). The molecular formula is C25H31N3O4S. The van der Waals surface area contributed by atoms with Crippen LogP contribution in [0.2, 0.25) is 0 Å². The Morgan fingerprint density at radius 3 is 2.48 bits per heavy atom. The maximum absolute atomic E-state index is 13.1. The highest BCUT2D eigenvalue weighted by molar-refractivity contribution is 7.89. The molecule has 1 saturated heterocycles. The first kappa shape index (κ1) is 23.3. The molecule has 176 valence electrons. The lowest BCUT2D eigenvalue weighted by molar-refractivity contribution is 0.288. The number of anilines is 2. The first-order valence-electron chi connectivity index (χ1n) is 11.5. The third-order valence-corrected chi connectivity index (χ3v) is 7.76. The molecule has 0 atom stereocenters. The minimum atomic E-state index is -3.50. The number of aromatic nitrogens is 1. The summed E-state index contributed by atoms with van der Waals surface area (Å²) in [6.45, 7) is 8.31. The molecule has 4 rings (SSSR count). The molecule has 7 nitrogen and oxygen atoms in total. The summed E-state index contributed by atoms with van der Waals surface area (Å²) in [6, 6.07) is 14.5. The Labute approximate surface area is 195 Å². The molecule has 0 aliphatic carbocycles. The van der Waals surface area contributed by atoms with Crippen LogP contribution < -0.4 is 14.8 Å². The Hall–Kier alpha value is -2.84. The Morgan fingerprint density at radius 2 is 1.76 bits per heavy atom. The normalized spacial score (nSPS) is 15.5. The fraction of sp³-hybridized carbons (Fsp3) is 0.400. The molecule has 1 aliphatic heterocycles. The minimum Gasteiger partial charge on any atom is -0.494 e. The Morgan fingerprint density at radius 1 is 1.00 bits per heavy atom. The molecule has 1 aliphatic rings. The second-order valence-electron chi connectivity index (χ2n) is 8.29. The first-order valence-corrected chi connectivity index (χ1v) is 12.9. The molecule has 0 amide bonds. The van der Waals surface area contributed by atoms with E-state index in [2.05, 4.69) is 17.2 Å². The van der Waals surface area contributed by atoms with Crippen molar-refractivity contribution in [1.29, 1.82) is 0 Å². The molecule has 0 bridgehead atoms. The lowest BCUT2D eigenvalue weighted by atomic mass is 10.0. The highest BCUT2D eigenvalue weighted by atomic mass is 32.2. The van der Waals surface area contributed by atoms with Crippen LogP contribution in [0.25, 0.3) is 10.9 Å². The number of hydrogen-bond acceptors (Lipinski definition) is 6. The average Bonchev–Trinajstić information content (AvgIpc) is 2.81. The highest BCUT2D eigenvalue weighted by Gasteiger charge is 2.28. The number of rotatable bonds is 8. The Bertz CT molecular complexity index is 1220. The summed E-state index contributed by atoms with van der Waals surface area (Å²) in [6.07, 6.45) is 1.80. The monoisotopic (exact) mass is 469 g/mol. The van der Waals surface area contributed by atoms with Gasteiger partial charge in [0.1, 0.15) is 17.3 Å². The van der Waals surface area contributed by atoms with E-state index in [4.69, 9.17) is 9.47 Å². The van der Waals surface area contributed by atoms with Crippen molar-refractivity contribution in [1.82, 2.24) is 9.29 Å². The third-order valence-electron chi connectivity index (χ3n) is 5.87. The first-order chi connectivity index (χ1) is 15.9. The van der Waals surface area contributed by atoms with Gasteiger partial charge in [-0.3, -0.25) is 0 Å². The lowest BCUT2D eigenvalue weighted by Crippen LogP contribution is -2.37. The zero-order chi connectivity index (χ0) is 23.4. The number of ether oxygens (including phenoxy) is 2. The van der Waals surface area contributed by atoms with Gasteiger partial charge in [0.2, 0.25) is 10.0 Å². The second-order valence-corrected chi connectivity index (χ2v) is 10.2. The molecule has 33 heavy (non-hydrogen) atoms. The van der Waals surface area contributed by atoms with E-state index in [9.17, 15) is 8.42 Å². The van der Waals surface area contributed by atoms with Gasteiger partial charge >= 0.3 is 0 Å². The number of piperidine rings is 1. The molecule has 2 heterocycles. The van der Waals surface area contributed by atoms with E-state index in [1.165, 1.54) is 0 Å². The number of nitrogens with one attached hydrogen (secondary N) is 1. The largest absolute Gasteiger partial charge is 0.494 e. The van der Waals surface area contributed by atoms with Crippen LogP contribution in [0.1, 0.15) is 33.6 Å². The molecule has 0 unspecified atom stereocenters. The maximum Gasteiger partial charge on any atom is 0.243 e. The van der Waals surface area contributed by atoms with E-state index in [0.717, 1.165) is 29.7 Å². The minimum absolute atomic E-state index is 0.315. The van der Waals surface area contributed by atoms with Crippen LogP contribution in [0, 0.1) is 5.92 Å². The smallest absolute Gasteiger partial charge is 0.243 e. The van der Waals surface area contributed by atoms with E-state index in [-0.39, 0.29) is 0 Å². The molecule has 3 aromatic rings. The van der Waals surface area contributed by atoms with Gasteiger partial charge in [0, 0.05) is 24.5 Å². The topological polar surface area (TPSA) is 80.8 Å². The van der Waals surface area contributed by atoms with Crippen molar-refractivity contribution in [2.75, 3.05) is 31.6 Å². The van der Waals surface area contributed by atoms with Crippen LogP contribution in [0.3, 0.4) is 0 Å². The fourth-order valence-electron chi connectivity index (χ4n) is 3.99. The van der Waals surface area contributed by atoms with Gasteiger partial charge in [0.15, 0.2) is 0 Å². The summed E-state index contributed by atoms with van der Waals surface area (Å²) in [4.78, 5) is 4.99. The molecule has 1 fully saturated rings. The van der Waals surface area contributed by atoms with Crippen molar-refractivity contribution in [3.63, 3.8) is 0 Å². The Kier molecular flexibility index (Phi) is 7.05. The number of hydrogen-bond donors (Lipinski definition) is 1. The Balaban J connectivity index is 1.59. The van der Waals surface area contributed by atoms with E-state index in [1.54, 1.807) is 22.5 Å². The predicted molar refractivity (Wildman–Crippen MR) is 131 cm³/mol. The fourth-order valence-corrected chi connectivity index (χ4v) is 5.50. The summed E-state index contributed by atoms with van der Waals surface area (Å²) in [5.41, 5.74) is 1.47. The summed E-state index contributed by atoms with van der Waals surface area (Å²) in [5.74, 6) is 2.66. The number of benzene rings is 2. The highest BCUT2D eigenvalue weighted by Crippen LogP contribution is 2.32. The predicted octanol–water partition coefficient (Wildman–Crippen LogP) is 5.20. The molecule has 2 aromatic carbocycles. The second kappa shape index (κ2) is 9.97. The van der Waals surface area contributed by atoms with Crippen LogP contribution in [0.4, 0.5) is 11.5 Å². The number of sulfonamides is 1. The van der Waals surface area contributed by atoms with Gasteiger partial charge in [0.25, 0.3) is 0 Å². The van der Waals surface area contributed by atoms with E-state index in [1.807, 2.05) is 44.2 Å². The van der Waals surface area contributed by atoms with Crippen molar-refractivity contribution in [3.05, 3.63) is 48.5 Å². The van der Waals surface area contributed by atoms with Crippen molar-refractivity contribution in [2.45, 2.75) is 38.5 Å². The van der Waals surface area contributed by atoms with Crippen molar-refractivity contribution < 1.29 is 17.9 Å². The molecule has 1 aromatic heterocycles. The third kappa shape index (κ3) is 5.23. The van der Waals surface area contributed by atoms with Crippen molar-refractivity contribution in [3.8, 4) is 11.5 Å². The molecule has 8 heteroatoms. The van der Waals surface area contributed by atoms with Crippen molar-refractivity contribution >= 4 is 32.4 Å². The van der Waals surface area contributed by atoms with Gasteiger partial charge in [-0.25, -0.2) is 13.4 Å². The van der Waals surface area contributed by atoms with Crippen LogP contribution in [0.15, 0.2) is 53.4 Å². The summed E-state index contributed by atoms with van der Waals surface area (Å²) < 4.78 is 39.1. The van der Waals surface area contributed by atoms with Crippen LogP contribution in [-0.2, 0) is 10.0 Å². The van der Waals surface area contributed by atoms with Gasteiger partial charge in [-0.1, -0.05) is 6.92 Å². The molecule has 0 spiro atoms. The zero-order valence-electron chi connectivity index (χ0n) is 19.4. The molecular weight excluding hydrogens is 438 g/mol. The van der Waals surface area contributed by atoms with E-state index < -0.39 is 10.0 Å². The molecule has 0 saturated carbocycles. The van der Waals surface area contributed by atoms with Gasteiger partial charge in [-0.05, 0) is 75.1 Å². The van der Waals surface area contributed by atoms with E-state index in [0.29, 0.717) is 54.2 Å². The van der Waals surface area contributed by atoms with Gasteiger partial charge in [-0.15, -0.1) is 0 Å². The lowest BCUT2D eigenvalue weighted by Gasteiger charge is -2.29. The van der Waals surface area contributed by atoms with Crippen molar-refractivity contribution in [2.24, 2.45) is 5.92 Å². The van der Waals surface area contributed by atoms with Crippen LogP contribution >= 0.6 is 0 Å². The van der Waals surface area contributed by atoms with E-state index >= 15 is 0 Å². The molecule has 1 N–H and O–H groups in total. The van der Waals surface area contributed by atoms with Crippen LogP contribution in [0.5, 0.6) is 11.5 Å². The number of nitrogens with zero attached hydrogens (tertiary/aromatic N) is 2. The maximum atomic E-state index is 13.1. The summed E-state index contributed by atoms with van der Waals surface area (Å²) >= 11 is 0. The zero-order valence-corrected chi connectivity index (χ0v) is 20.2. The number of fused-ring (bicyclic) bond motifs is 1. The summed E-state index contributed by atoms with van der Waals surface area (Å²) in [5, 5.41) is 4.08. The van der Waals surface area contributed by atoms with Gasteiger partial charge in [-0.2, -0.15) is 4.31 Å². The van der Waals surface area contributed by atoms with Gasteiger partial charge < -0.3 is 14.8 Å².